The van der Waals surface area contributed by atoms with Gasteiger partial charge in [-0.2, -0.15) is 0 Å². The van der Waals surface area contributed by atoms with E-state index < -0.39 is 0 Å². The largest absolute Gasteiger partial charge is 0.310 e. The first kappa shape index (κ1) is 14.3. The van der Waals surface area contributed by atoms with Crippen molar-refractivity contribution in [2.75, 3.05) is 6.54 Å². The van der Waals surface area contributed by atoms with E-state index in [9.17, 15) is 0 Å². The van der Waals surface area contributed by atoms with Gasteiger partial charge in [-0.15, -0.1) is 0 Å². The normalized spacial score (nSPS) is 19.0. The third-order valence-electron chi connectivity index (χ3n) is 4.80. The Labute approximate surface area is 128 Å². The molecule has 2 unspecified atom stereocenters. The van der Waals surface area contributed by atoms with Crippen LogP contribution in [-0.4, -0.2) is 6.54 Å². The van der Waals surface area contributed by atoms with Gasteiger partial charge in [0.25, 0.3) is 0 Å². The molecule has 1 N–H and O–H groups in total. The summed E-state index contributed by atoms with van der Waals surface area (Å²) in [5.74, 6) is 0.695. The highest BCUT2D eigenvalue weighted by Crippen LogP contribution is 2.35. The second-order valence-electron chi connectivity index (χ2n) is 6.16. The minimum atomic E-state index is 0.476. The summed E-state index contributed by atoms with van der Waals surface area (Å²) in [4.78, 5) is 0. The number of fused-ring (bicyclic) bond motifs is 1. The molecule has 0 fully saturated rings. The lowest BCUT2D eigenvalue weighted by molar-refractivity contribution is 0.329. The number of aryl methyl sites for hydroxylation is 2. The van der Waals surface area contributed by atoms with Gasteiger partial charge in [0.2, 0.25) is 0 Å². The molecule has 1 aliphatic carbocycles. The van der Waals surface area contributed by atoms with Gasteiger partial charge in [0, 0.05) is 6.04 Å². The molecule has 0 heterocycles. The summed E-state index contributed by atoms with van der Waals surface area (Å²) in [6.45, 7) is 5.47. The van der Waals surface area contributed by atoms with Crippen molar-refractivity contribution < 1.29 is 0 Å². The average Bonchev–Trinajstić information content (AvgIpc) is 2.53. The van der Waals surface area contributed by atoms with Crippen LogP contribution in [0.5, 0.6) is 0 Å². The van der Waals surface area contributed by atoms with E-state index in [1.54, 1.807) is 11.1 Å². The van der Waals surface area contributed by atoms with Crippen LogP contribution < -0.4 is 5.32 Å². The molecule has 3 rings (SSSR count). The quantitative estimate of drug-likeness (QED) is 0.872. The predicted octanol–water partition coefficient (Wildman–Crippen LogP) is 4.45. The highest BCUT2D eigenvalue weighted by atomic mass is 14.9. The molecule has 0 aliphatic heterocycles. The number of rotatable bonds is 4. The van der Waals surface area contributed by atoms with Crippen molar-refractivity contribution in [2.45, 2.75) is 39.2 Å². The first-order valence-electron chi connectivity index (χ1n) is 8.15. The van der Waals surface area contributed by atoms with Gasteiger partial charge in [-0.1, -0.05) is 55.5 Å². The van der Waals surface area contributed by atoms with Gasteiger partial charge >= 0.3 is 0 Å². The number of hydrogen-bond acceptors (Lipinski definition) is 1. The van der Waals surface area contributed by atoms with Gasteiger partial charge < -0.3 is 5.32 Å². The van der Waals surface area contributed by atoms with E-state index in [4.69, 9.17) is 0 Å². The molecule has 0 amide bonds. The van der Waals surface area contributed by atoms with Crippen molar-refractivity contribution in [1.82, 2.24) is 5.32 Å². The first-order valence-corrected chi connectivity index (χ1v) is 8.15. The number of benzene rings is 2. The lowest BCUT2D eigenvalue weighted by atomic mass is 9.77. The molecule has 0 saturated heterocycles. The highest BCUT2D eigenvalue weighted by Gasteiger charge is 2.27. The molecular weight excluding hydrogens is 254 g/mol. The third-order valence-corrected chi connectivity index (χ3v) is 4.80. The van der Waals surface area contributed by atoms with Crippen LogP contribution in [-0.2, 0) is 12.8 Å². The zero-order chi connectivity index (χ0) is 14.7. The Morgan fingerprint density at radius 2 is 1.76 bits per heavy atom. The lowest BCUT2D eigenvalue weighted by Gasteiger charge is -2.33. The van der Waals surface area contributed by atoms with Crippen LogP contribution in [0.3, 0.4) is 0 Å². The van der Waals surface area contributed by atoms with Crippen LogP contribution in [0.25, 0.3) is 0 Å². The van der Waals surface area contributed by atoms with Crippen LogP contribution in [0, 0.1) is 12.8 Å². The van der Waals surface area contributed by atoms with E-state index in [2.05, 4.69) is 67.7 Å². The average molecular weight is 279 g/mol. The monoisotopic (exact) mass is 279 g/mol. The second-order valence-corrected chi connectivity index (χ2v) is 6.16. The van der Waals surface area contributed by atoms with Gasteiger partial charge in [0.05, 0.1) is 0 Å². The fourth-order valence-electron chi connectivity index (χ4n) is 3.70. The summed E-state index contributed by atoms with van der Waals surface area (Å²) in [5, 5.41) is 3.74. The minimum absolute atomic E-state index is 0.476. The minimum Gasteiger partial charge on any atom is -0.310 e. The summed E-state index contributed by atoms with van der Waals surface area (Å²) in [6.07, 6.45) is 3.69. The number of nitrogens with one attached hydrogen (secondary N) is 1. The van der Waals surface area contributed by atoms with Crippen LogP contribution in [0.4, 0.5) is 0 Å². The van der Waals surface area contributed by atoms with Gasteiger partial charge in [0.1, 0.15) is 0 Å². The topological polar surface area (TPSA) is 12.0 Å². The SMILES string of the molecule is CCNC(c1ccccc1C)C1CCc2ccccc2C1. The van der Waals surface area contributed by atoms with Crippen LogP contribution in [0.15, 0.2) is 48.5 Å². The summed E-state index contributed by atoms with van der Waals surface area (Å²) >= 11 is 0. The van der Waals surface area contributed by atoms with Gasteiger partial charge in [-0.25, -0.2) is 0 Å². The van der Waals surface area contributed by atoms with Crippen molar-refractivity contribution in [3.63, 3.8) is 0 Å². The maximum absolute atomic E-state index is 3.74. The summed E-state index contributed by atoms with van der Waals surface area (Å²) in [5.41, 5.74) is 5.98. The highest BCUT2D eigenvalue weighted by molar-refractivity contribution is 5.33. The Bertz CT molecular complexity index is 602. The molecule has 2 aromatic carbocycles. The second kappa shape index (κ2) is 6.44. The Morgan fingerprint density at radius 1 is 1.05 bits per heavy atom. The fraction of sp³-hybridized carbons (Fsp3) is 0.400. The van der Waals surface area contributed by atoms with Crippen LogP contribution >= 0.6 is 0 Å². The summed E-state index contributed by atoms with van der Waals surface area (Å²) in [7, 11) is 0. The summed E-state index contributed by atoms with van der Waals surface area (Å²) in [6, 6.07) is 18.3. The Balaban J connectivity index is 1.88. The van der Waals surface area contributed by atoms with Crippen LogP contribution in [0.1, 0.15) is 41.6 Å². The van der Waals surface area contributed by atoms with Crippen molar-refractivity contribution in [1.29, 1.82) is 0 Å². The zero-order valence-corrected chi connectivity index (χ0v) is 13.1. The predicted molar refractivity (Wildman–Crippen MR) is 89.6 cm³/mol. The standard InChI is InChI=1S/C20H25N/c1-3-21-20(19-11-7-4-8-15(19)2)18-13-12-16-9-5-6-10-17(16)14-18/h4-11,18,20-21H,3,12-14H2,1-2H3. The van der Waals surface area contributed by atoms with E-state index in [0.717, 1.165) is 6.54 Å². The van der Waals surface area contributed by atoms with Crippen LogP contribution in [0.2, 0.25) is 0 Å². The smallest absolute Gasteiger partial charge is 0.0354 e. The van der Waals surface area contributed by atoms with Crippen molar-refractivity contribution >= 4 is 0 Å². The fourth-order valence-corrected chi connectivity index (χ4v) is 3.70. The van der Waals surface area contributed by atoms with E-state index >= 15 is 0 Å². The van der Waals surface area contributed by atoms with Crippen molar-refractivity contribution in [3.05, 3.63) is 70.8 Å². The molecule has 1 heteroatoms. The van der Waals surface area contributed by atoms with Crippen molar-refractivity contribution in [2.24, 2.45) is 5.92 Å². The Morgan fingerprint density at radius 3 is 2.52 bits per heavy atom. The van der Waals surface area contributed by atoms with Gasteiger partial charge in [-0.3, -0.25) is 0 Å². The molecule has 21 heavy (non-hydrogen) atoms. The molecule has 2 atom stereocenters. The summed E-state index contributed by atoms with van der Waals surface area (Å²) < 4.78 is 0. The van der Waals surface area contributed by atoms with E-state index in [0.29, 0.717) is 12.0 Å². The van der Waals surface area contributed by atoms with Crippen molar-refractivity contribution in [3.8, 4) is 0 Å². The molecule has 0 spiro atoms. The maximum Gasteiger partial charge on any atom is 0.0354 e. The molecule has 0 saturated carbocycles. The van der Waals surface area contributed by atoms with E-state index in [1.165, 1.54) is 30.4 Å². The zero-order valence-electron chi connectivity index (χ0n) is 13.1. The van der Waals surface area contributed by atoms with E-state index in [1.807, 2.05) is 0 Å². The molecular formula is C20H25N. The first-order chi connectivity index (χ1) is 10.3. The molecule has 1 aliphatic rings. The molecule has 110 valence electrons. The molecule has 1 nitrogen and oxygen atoms in total. The molecule has 2 aromatic rings. The molecule has 0 aromatic heterocycles. The third kappa shape index (κ3) is 3.03. The Hall–Kier alpha value is -1.60. The molecule has 0 radical (unpaired) electrons. The molecule has 0 bridgehead atoms. The van der Waals surface area contributed by atoms with E-state index in [-0.39, 0.29) is 0 Å². The Kier molecular flexibility index (Phi) is 4.40. The van der Waals surface area contributed by atoms with Gasteiger partial charge in [-0.05, 0) is 60.9 Å². The number of hydrogen-bond donors (Lipinski definition) is 1. The lowest BCUT2D eigenvalue weighted by Crippen LogP contribution is -2.32. The van der Waals surface area contributed by atoms with Gasteiger partial charge in [0.15, 0.2) is 0 Å². The maximum atomic E-state index is 3.74.